The summed E-state index contributed by atoms with van der Waals surface area (Å²) in [6, 6.07) is 8.90. The van der Waals surface area contributed by atoms with E-state index in [1.807, 2.05) is 12.5 Å². The molecular weight excluding hydrogens is 324 g/mol. The van der Waals surface area contributed by atoms with Crippen molar-refractivity contribution in [1.82, 2.24) is 9.55 Å². The number of hydrogen-bond acceptors (Lipinski definition) is 3. The molecule has 1 aromatic heterocycles. The fourth-order valence-electron chi connectivity index (χ4n) is 3.64. The molecule has 0 N–H and O–H groups in total. The lowest BCUT2D eigenvalue weighted by Crippen LogP contribution is -2.52. The van der Waals surface area contributed by atoms with Crippen molar-refractivity contribution in [1.29, 1.82) is 0 Å². The third-order valence-corrected chi connectivity index (χ3v) is 5.80. The van der Waals surface area contributed by atoms with E-state index < -0.39 is 5.79 Å². The first-order valence-corrected chi connectivity index (χ1v) is 9.94. The molecule has 4 nitrogen and oxygen atoms in total. The third-order valence-electron chi connectivity index (χ3n) is 5.80. The van der Waals surface area contributed by atoms with Gasteiger partial charge < -0.3 is 14.0 Å². The lowest BCUT2D eigenvalue weighted by atomic mass is 9.83. The van der Waals surface area contributed by atoms with E-state index in [1.54, 1.807) is 6.20 Å². The first kappa shape index (κ1) is 19.1. The Kier molecular flexibility index (Phi) is 6.15. The molecule has 0 radical (unpaired) electrons. The van der Waals surface area contributed by atoms with Gasteiger partial charge in [-0.2, -0.15) is 0 Å². The van der Waals surface area contributed by atoms with Crippen molar-refractivity contribution < 1.29 is 9.47 Å². The molecule has 1 saturated heterocycles. The largest absolute Gasteiger partial charge is 0.347 e. The van der Waals surface area contributed by atoms with Crippen LogP contribution in [0.4, 0.5) is 0 Å². The maximum atomic E-state index is 6.45. The number of aryl methyl sites for hydroxylation is 1. The van der Waals surface area contributed by atoms with Crippen molar-refractivity contribution in [2.75, 3.05) is 13.2 Å². The highest BCUT2D eigenvalue weighted by Crippen LogP contribution is 2.37. The SMILES string of the molecule is CCCc1ccc(CC2(Cn3ccnc3)OCC(CC)(CC)CO2)cc1. The van der Waals surface area contributed by atoms with Gasteiger partial charge in [-0.15, -0.1) is 0 Å². The Bertz CT molecular complexity index is 650. The molecule has 0 bridgehead atoms. The van der Waals surface area contributed by atoms with E-state index in [2.05, 4.69) is 54.6 Å². The summed E-state index contributed by atoms with van der Waals surface area (Å²) in [5.74, 6) is -0.624. The fourth-order valence-corrected chi connectivity index (χ4v) is 3.64. The van der Waals surface area contributed by atoms with Gasteiger partial charge in [0, 0.05) is 24.2 Å². The quantitative estimate of drug-likeness (QED) is 0.692. The van der Waals surface area contributed by atoms with Crippen molar-refractivity contribution in [3.63, 3.8) is 0 Å². The van der Waals surface area contributed by atoms with Crippen LogP contribution >= 0.6 is 0 Å². The third kappa shape index (κ3) is 4.36. The Hall–Kier alpha value is -1.65. The minimum atomic E-state index is -0.624. The number of ether oxygens (including phenoxy) is 2. The van der Waals surface area contributed by atoms with Crippen LogP contribution in [-0.2, 0) is 28.9 Å². The van der Waals surface area contributed by atoms with Crippen molar-refractivity contribution in [2.45, 2.75) is 65.2 Å². The predicted molar refractivity (Wildman–Crippen MR) is 104 cm³/mol. The van der Waals surface area contributed by atoms with Gasteiger partial charge >= 0.3 is 0 Å². The Morgan fingerprint density at radius 3 is 2.19 bits per heavy atom. The molecule has 2 aromatic rings. The molecule has 0 atom stereocenters. The van der Waals surface area contributed by atoms with Crippen LogP contribution in [0.15, 0.2) is 43.0 Å². The predicted octanol–water partition coefficient (Wildman–Crippen LogP) is 4.63. The maximum absolute atomic E-state index is 6.45. The summed E-state index contributed by atoms with van der Waals surface area (Å²) in [6.07, 6.45) is 10.8. The van der Waals surface area contributed by atoms with Gasteiger partial charge in [-0.05, 0) is 30.4 Å². The molecule has 26 heavy (non-hydrogen) atoms. The summed E-state index contributed by atoms with van der Waals surface area (Å²) in [6.45, 7) is 8.83. The standard InChI is InChI=1S/C22H32N2O2/c1-4-7-19-8-10-20(11-9-19)14-22(15-24-13-12-23-18-24)25-16-21(5-2,6-3)17-26-22/h8-13,18H,4-7,14-17H2,1-3H3. The first-order chi connectivity index (χ1) is 12.6. The fraction of sp³-hybridized carbons (Fsp3) is 0.591. The number of aromatic nitrogens is 2. The van der Waals surface area contributed by atoms with E-state index in [0.717, 1.165) is 38.9 Å². The van der Waals surface area contributed by atoms with Gasteiger partial charge in [-0.3, -0.25) is 0 Å². The highest BCUT2D eigenvalue weighted by Gasteiger charge is 2.43. The van der Waals surface area contributed by atoms with Gasteiger partial charge in [-0.25, -0.2) is 4.98 Å². The smallest absolute Gasteiger partial charge is 0.190 e. The first-order valence-electron chi connectivity index (χ1n) is 9.94. The minimum Gasteiger partial charge on any atom is -0.347 e. The van der Waals surface area contributed by atoms with Gasteiger partial charge in [0.25, 0.3) is 0 Å². The van der Waals surface area contributed by atoms with Gasteiger partial charge in [0.15, 0.2) is 5.79 Å². The van der Waals surface area contributed by atoms with Crippen LogP contribution in [0, 0.1) is 5.41 Å². The van der Waals surface area contributed by atoms with Crippen LogP contribution in [-0.4, -0.2) is 28.6 Å². The highest BCUT2D eigenvalue weighted by atomic mass is 16.7. The normalized spacial score (nSPS) is 18.7. The van der Waals surface area contributed by atoms with E-state index in [-0.39, 0.29) is 5.41 Å². The highest BCUT2D eigenvalue weighted by molar-refractivity contribution is 5.23. The van der Waals surface area contributed by atoms with E-state index in [0.29, 0.717) is 6.54 Å². The van der Waals surface area contributed by atoms with Crippen LogP contribution < -0.4 is 0 Å². The topological polar surface area (TPSA) is 36.3 Å². The zero-order valence-corrected chi connectivity index (χ0v) is 16.4. The number of benzene rings is 1. The van der Waals surface area contributed by atoms with Crippen molar-refractivity contribution in [2.24, 2.45) is 5.41 Å². The van der Waals surface area contributed by atoms with Crippen LogP contribution in [0.5, 0.6) is 0 Å². The zero-order chi connectivity index (χ0) is 18.5. The van der Waals surface area contributed by atoms with Gasteiger partial charge in [0.05, 0.1) is 26.1 Å². The summed E-state index contributed by atoms with van der Waals surface area (Å²) in [5, 5.41) is 0. The van der Waals surface area contributed by atoms with Gasteiger partial charge in [0.2, 0.25) is 0 Å². The molecule has 0 unspecified atom stereocenters. The monoisotopic (exact) mass is 356 g/mol. The molecule has 4 heteroatoms. The average molecular weight is 357 g/mol. The molecule has 1 aliphatic heterocycles. The second kappa shape index (κ2) is 8.36. The molecule has 0 saturated carbocycles. The molecule has 142 valence electrons. The summed E-state index contributed by atoms with van der Waals surface area (Å²) in [7, 11) is 0. The molecule has 1 fully saturated rings. The molecular formula is C22H32N2O2. The summed E-state index contributed by atoms with van der Waals surface area (Å²) in [5.41, 5.74) is 2.79. The molecule has 2 heterocycles. The van der Waals surface area contributed by atoms with E-state index in [4.69, 9.17) is 9.47 Å². The molecule has 0 spiro atoms. The summed E-state index contributed by atoms with van der Waals surface area (Å²) >= 11 is 0. The van der Waals surface area contributed by atoms with Crippen LogP contribution in [0.3, 0.4) is 0 Å². The average Bonchev–Trinajstić information content (AvgIpc) is 3.17. The van der Waals surface area contributed by atoms with Crippen molar-refractivity contribution in [3.05, 3.63) is 54.1 Å². The summed E-state index contributed by atoms with van der Waals surface area (Å²) in [4.78, 5) is 4.17. The lowest BCUT2D eigenvalue weighted by Gasteiger charge is -2.46. The second-order valence-electron chi connectivity index (χ2n) is 7.67. The van der Waals surface area contributed by atoms with Crippen molar-refractivity contribution >= 4 is 0 Å². The van der Waals surface area contributed by atoms with Crippen molar-refractivity contribution in [3.8, 4) is 0 Å². The van der Waals surface area contributed by atoms with E-state index in [9.17, 15) is 0 Å². The zero-order valence-electron chi connectivity index (χ0n) is 16.4. The van der Waals surface area contributed by atoms with E-state index >= 15 is 0 Å². The number of nitrogens with zero attached hydrogens (tertiary/aromatic N) is 2. The van der Waals surface area contributed by atoms with E-state index in [1.165, 1.54) is 17.5 Å². The van der Waals surface area contributed by atoms with Gasteiger partial charge in [-0.1, -0.05) is 51.5 Å². The Labute approximate surface area is 157 Å². The van der Waals surface area contributed by atoms with Crippen LogP contribution in [0.1, 0.15) is 51.2 Å². The number of rotatable bonds is 8. The maximum Gasteiger partial charge on any atom is 0.190 e. The Balaban J connectivity index is 1.77. The molecule has 0 amide bonds. The molecule has 1 aromatic carbocycles. The van der Waals surface area contributed by atoms with Crippen LogP contribution in [0.2, 0.25) is 0 Å². The Morgan fingerprint density at radius 1 is 1.00 bits per heavy atom. The lowest BCUT2D eigenvalue weighted by molar-refractivity contribution is -0.310. The molecule has 0 aliphatic carbocycles. The molecule has 1 aliphatic rings. The summed E-state index contributed by atoms with van der Waals surface area (Å²) < 4.78 is 14.9. The minimum absolute atomic E-state index is 0.142. The molecule has 3 rings (SSSR count). The number of imidazole rings is 1. The number of hydrogen-bond donors (Lipinski definition) is 0. The van der Waals surface area contributed by atoms with Crippen LogP contribution in [0.25, 0.3) is 0 Å². The Morgan fingerprint density at radius 2 is 1.65 bits per heavy atom. The second-order valence-corrected chi connectivity index (χ2v) is 7.67. The van der Waals surface area contributed by atoms with Gasteiger partial charge in [0.1, 0.15) is 0 Å².